The Balaban J connectivity index is 1.51. The highest BCUT2D eigenvalue weighted by atomic mass is 32.2. The third kappa shape index (κ3) is 10.4. The molecular weight excluding hydrogens is 618 g/mol. The average molecular weight is 664 g/mol. The number of hydrogen-bond donors (Lipinski definition) is 6. The monoisotopic (exact) mass is 663 g/mol. The van der Waals surface area contributed by atoms with Gasteiger partial charge in [0.05, 0.1) is 19.8 Å². The van der Waals surface area contributed by atoms with E-state index in [0.29, 0.717) is 31.9 Å². The van der Waals surface area contributed by atoms with Crippen molar-refractivity contribution >= 4 is 29.6 Å². The molecule has 6 N–H and O–H groups in total. The van der Waals surface area contributed by atoms with Crippen molar-refractivity contribution in [1.82, 2.24) is 26.2 Å². The van der Waals surface area contributed by atoms with Crippen molar-refractivity contribution in [3.8, 4) is 16.9 Å². The average Bonchev–Trinajstić information content (AvgIpc) is 3.17. The molecule has 1 aliphatic rings. The van der Waals surface area contributed by atoms with Gasteiger partial charge in [-0.15, -0.1) is 0 Å². The van der Waals surface area contributed by atoms with Crippen LogP contribution in [0.2, 0.25) is 0 Å². The van der Waals surface area contributed by atoms with Crippen molar-refractivity contribution in [2.75, 3.05) is 26.8 Å². The van der Waals surface area contributed by atoms with Crippen LogP contribution in [-0.4, -0.2) is 76.8 Å². The Labute approximate surface area is 280 Å². The minimum absolute atomic E-state index is 0.126. The fraction of sp³-hybridized carbons (Fsp3) is 0.400. The van der Waals surface area contributed by atoms with Gasteiger partial charge in [-0.2, -0.15) is 0 Å². The first kappa shape index (κ1) is 35.7. The van der Waals surface area contributed by atoms with Crippen molar-refractivity contribution < 1.29 is 29.3 Å². The van der Waals surface area contributed by atoms with Crippen LogP contribution in [0.15, 0.2) is 71.6 Å². The number of aliphatic hydroxyl groups is 2. The van der Waals surface area contributed by atoms with E-state index in [0.717, 1.165) is 32.7 Å². The number of benzene rings is 3. The molecule has 2 atom stereocenters. The first-order chi connectivity index (χ1) is 22.5. The molecule has 0 spiro atoms. The van der Waals surface area contributed by atoms with Gasteiger partial charge in [-0.1, -0.05) is 66.4 Å². The van der Waals surface area contributed by atoms with Gasteiger partial charge in [-0.05, 0) is 60.7 Å². The van der Waals surface area contributed by atoms with Crippen LogP contribution in [0.3, 0.4) is 0 Å². The Bertz CT molecular complexity index is 1530. The normalized spacial score (nSPS) is 15.3. The molecule has 0 saturated heterocycles. The van der Waals surface area contributed by atoms with E-state index in [-0.39, 0.29) is 37.4 Å². The summed E-state index contributed by atoms with van der Waals surface area (Å²) in [6.45, 7) is 6.88. The quantitative estimate of drug-likeness (QED) is 0.154. The predicted molar refractivity (Wildman–Crippen MR) is 183 cm³/mol. The standard InChI is InChI=1S/C35H45N5O6S/c1-23(42)19-38-35(2,3)18-31(43)39-32-33(44)40(22-27-13-14-28(46-4)17-30(27)47-32)21-24-9-11-25(12-10-24)29-8-6-5-7-26(29)20-37-34(45)36-15-16-41/h5-14,17,23,32,38,41-42H,15-16,18-22H2,1-4H3,(H,39,43)(H2,36,37,45)/t23-,32-/m1/s1. The lowest BCUT2D eigenvalue weighted by molar-refractivity contribution is -0.135. The third-order valence-corrected chi connectivity index (χ3v) is 8.87. The summed E-state index contributed by atoms with van der Waals surface area (Å²) >= 11 is 1.30. The largest absolute Gasteiger partial charge is 0.497 e. The summed E-state index contributed by atoms with van der Waals surface area (Å²) in [6.07, 6.45) is -0.422. The van der Waals surface area contributed by atoms with Crippen LogP contribution in [0.1, 0.15) is 43.9 Å². The van der Waals surface area contributed by atoms with E-state index in [1.807, 2.05) is 80.6 Å². The zero-order chi connectivity index (χ0) is 34.0. The van der Waals surface area contributed by atoms with Crippen LogP contribution in [-0.2, 0) is 29.2 Å². The summed E-state index contributed by atoms with van der Waals surface area (Å²) in [5.41, 5.74) is 4.18. The van der Waals surface area contributed by atoms with Crippen LogP contribution >= 0.6 is 11.8 Å². The maximum Gasteiger partial charge on any atom is 0.315 e. The number of hydrogen-bond acceptors (Lipinski definition) is 8. The second-order valence-electron chi connectivity index (χ2n) is 12.2. The molecule has 1 aliphatic heterocycles. The molecule has 12 heteroatoms. The van der Waals surface area contributed by atoms with Crippen molar-refractivity contribution in [1.29, 1.82) is 0 Å². The number of ether oxygens (including phenoxy) is 1. The SMILES string of the molecule is COc1ccc2c(c1)S[C@@H](NC(=O)CC(C)(C)NC[C@@H](C)O)C(=O)N(Cc1ccc(-c3ccccc3CNC(=O)NCCO)cc1)C2. The van der Waals surface area contributed by atoms with Crippen molar-refractivity contribution in [3.05, 3.63) is 83.4 Å². The number of fused-ring (bicyclic) bond motifs is 1. The molecule has 11 nitrogen and oxygen atoms in total. The summed E-state index contributed by atoms with van der Waals surface area (Å²) in [5, 5.41) is 29.3. The Hall–Kier alpha value is -4.10. The molecule has 0 fully saturated rings. The molecule has 47 heavy (non-hydrogen) atoms. The van der Waals surface area contributed by atoms with Crippen molar-refractivity contribution in [2.45, 2.75) is 68.7 Å². The van der Waals surface area contributed by atoms with Gasteiger partial charge >= 0.3 is 6.03 Å². The third-order valence-electron chi connectivity index (χ3n) is 7.68. The molecular formula is C35H45N5O6S. The van der Waals surface area contributed by atoms with Gasteiger partial charge < -0.3 is 41.1 Å². The van der Waals surface area contributed by atoms with E-state index in [2.05, 4.69) is 21.3 Å². The minimum Gasteiger partial charge on any atom is -0.497 e. The number of methoxy groups -OCH3 is 1. The van der Waals surface area contributed by atoms with Crippen LogP contribution in [0.5, 0.6) is 5.75 Å². The molecule has 4 amide bonds. The maximum absolute atomic E-state index is 14.0. The lowest BCUT2D eigenvalue weighted by Gasteiger charge is -2.28. The van der Waals surface area contributed by atoms with Crippen LogP contribution in [0, 0.1) is 0 Å². The molecule has 0 unspecified atom stereocenters. The number of thioether (sulfide) groups is 1. The number of nitrogens with one attached hydrogen (secondary N) is 4. The van der Waals surface area contributed by atoms with Gasteiger partial charge in [-0.25, -0.2) is 4.79 Å². The Morgan fingerprint density at radius 2 is 1.83 bits per heavy atom. The Morgan fingerprint density at radius 3 is 2.53 bits per heavy atom. The van der Waals surface area contributed by atoms with Gasteiger partial charge in [0.15, 0.2) is 5.37 Å². The fourth-order valence-electron chi connectivity index (χ4n) is 5.21. The van der Waals surface area contributed by atoms with Crippen LogP contribution < -0.4 is 26.0 Å². The molecule has 1 heterocycles. The summed E-state index contributed by atoms with van der Waals surface area (Å²) in [5.74, 6) is 0.199. The highest BCUT2D eigenvalue weighted by Crippen LogP contribution is 2.35. The Kier molecular flexibility index (Phi) is 12.7. The van der Waals surface area contributed by atoms with Crippen LogP contribution in [0.25, 0.3) is 11.1 Å². The fourth-order valence-corrected chi connectivity index (χ4v) is 6.38. The highest BCUT2D eigenvalue weighted by Gasteiger charge is 2.33. The lowest BCUT2D eigenvalue weighted by Crippen LogP contribution is -2.50. The molecule has 0 radical (unpaired) electrons. The number of urea groups is 1. The Morgan fingerprint density at radius 1 is 1.09 bits per heavy atom. The number of β-amino-alcohol motifs (C(OH)–C–C–N with tert-alkyl or cyclic N) is 1. The highest BCUT2D eigenvalue weighted by molar-refractivity contribution is 8.00. The van der Waals surface area contributed by atoms with E-state index in [1.165, 1.54) is 11.8 Å². The van der Waals surface area contributed by atoms with Gasteiger partial charge in [0.1, 0.15) is 5.75 Å². The van der Waals surface area contributed by atoms with E-state index in [4.69, 9.17) is 9.84 Å². The number of aliphatic hydroxyl groups excluding tert-OH is 2. The topological polar surface area (TPSA) is 152 Å². The minimum atomic E-state index is -0.836. The van der Waals surface area contributed by atoms with Crippen LogP contribution in [0.4, 0.5) is 4.79 Å². The second kappa shape index (κ2) is 16.6. The van der Waals surface area contributed by atoms with Gasteiger partial charge in [0.2, 0.25) is 5.91 Å². The summed E-state index contributed by atoms with van der Waals surface area (Å²) in [7, 11) is 1.59. The number of carbonyl (C=O) groups is 3. The second-order valence-corrected chi connectivity index (χ2v) is 13.4. The van der Waals surface area contributed by atoms with Gasteiger partial charge in [0.25, 0.3) is 5.91 Å². The molecule has 0 bridgehead atoms. The molecule has 4 rings (SSSR count). The van der Waals surface area contributed by atoms with Gasteiger partial charge in [-0.3, -0.25) is 9.59 Å². The van der Waals surface area contributed by atoms with Crippen molar-refractivity contribution in [3.63, 3.8) is 0 Å². The molecule has 0 aliphatic carbocycles. The van der Waals surface area contributed by atoms with Gasteiger partial charge in [0, 0.05) is 49.6 Å². The number of nitrogens with zero attached hydrogens (tertiary/aromatic N) is 1. The zero-order valence-electron chi connectivity index (χ0n) is 27.3. The number of rotatable bonds is 14. The summed E-state index contributed by atoms with van der Waals surface area (Å²) < 4.78 is 5.44. The lowest BCUT2D eigenvalue weighted by atomic mass is 9.98. The molecule has 0 saturated carbocycles. The maximum atomic E-state index is 14.0. The smallest absolute Gasteiger partial charge is 0.315 e. The van der Waals surface area contributed by atoms with E-state index in [9.17, 15) is 19.5 Å². The molecule has 252 valence electrons. The summed E-state index contributed by atoms with van der Waals surface area (Å²) in [4.78, 5) is 41.8. The molecule has 0 aromatic heterocycles. The molecule has 3 aromatic rings. The predicted octanol–water partition coefficient (Wildman–Crippen LogP) is 3.37. The summed E-state index contributed by atoms with van der Waals surface area (Å²) in [6, 6.07) is 21.1. The number of amides is 4. The first-order valence-corrected chi connectivity index (χ1v) is 16.5. The van der Waals surface area contributed by atoms with E-state index < -0.39 is 17.0 Å². The first-order valence-electron chi connectivity index (χ1n) is 15.6. The van der Waals surface area contributed by atoms with E-state index >= 15 is 0 Å². The number of carbonyl (C=O) groups excluding carboxylic acids is 3. The van der Waals surface area contributed by atoms with Crippen molar-refractivity contribution in [2.24, 2.45) is 0 Å². The molecule has 3 aromatic carbocycles. The zero-order valence-corrected chi connectivity index (χ0v) is 28.2. The van der Waals surface area contributed by atoms with E-state index in [1.54, 1.807) is 18.9 Å².